The predicted octanol–water partition coefficient (Wildman–Crippen LogP) is 3.65. The molecule has 0 heterocycles. The molecule has 0 amide bonds. The summed E-state index contributed by atoms with van der Waals surface area (Å²) in [6.07, 6.45) is 0. The number of carbonyl (C=O) groups excluding carboxylic acids is 1. The molecule has 2 N–H and O–H groups in total. The Morgan fingerprint density at radius 3 is 2.47 bits per heavy atom. The lowest BCUT2D eigenvalue weighted by molar-refractivity contribution is 0.0895. The molecule has 0 saturated carbocycles. The SMILES string of the molecule is CC(N)(C(=O)c1cc(Br)ccc1F)c1ccccc1. The largest absolute Gasteiger partial charge is 0.315 e. The summed E-state index contributed by atoms with van der Waals surface area (Å²) in [6, 6.07) is 13.2. The fraction of sp³-hybridized carbons (Fsp3) is 0.133. The highest BCUT2D eigenvalue weighted by molar-refractivity contribution is 9.10. The molecule has 2 aromatic rings. The summed E-state index contributed by atoms with van der Waals surface area (Å²) in [7, 11) is 0. The first-order valence-corrected chi connectivity index (χ1v) is 6.56. The highest BCUT2D eigenvalue weighted by Gasteiger charge is 2.32. The van der Waals surface area contributed by atoms with Crippen molar-refractivity contribution in [3.05, 3.63) is 69.9 Å². The van der Waals surface area contributed by atoms with Crippen LogP contribution in [0.4, 0.5) is 4.39 Å². The monoisotopic (exact) mass is 321 g/mol. The molecule has 4 heteroatoms. The molecule has 0 saturated heterocycles. The minimum Gasteiger partial charge on any atom is -0.315 e. The highest BCUT2D eigenvalue weighted by atomic mass is 79.9. The Labute approximate surface area is 119 Å². The van der Waals surface area contributed by atoms with Crippen LogP contribution in [0.25, 0.3) is 0 Å². The summed E-state index contributed by atoms with van der Waals surface area (Å²) in [5.41, 5.74) is 5.48. The van der Waals surface area contributed by atoms with Gasteiger partial charge in [0, 0.05) is 4.47 Å². The summed E-state index contributed by atoms with van der Waals surface area (Å²) >= 11 is 3.23. The van der Waals surface area contributed by atoms with Crippen molar-refractivity contribution in [3.8, 4) is 0 Å². The number of ketones is 1. The summed E-state index contributed by atoms with van der Waals surface area (Å²) in [5, 5.41) is 0. The van der Waals surface area contributed by atoms with Gasteiger partial charge >= 0.3 is 0 Å². The zero-order chi connectivity index (χ0) is 14.0. The van der Waals surface area contributed by atoms with E-state index in [-0.39, 0.29) is 5.56 Å². The van der Waals surface area contributed by atoms with Crippen LogP contribution in [-0.4, -0.2) is 5.78 Å². The van der Waals surface area contributed by atoms with Crippen LogP contribution < -0.4 is 5.73 Å². The second-order valence-electron chi connectivity index (χ2n) is 4.52. The fourth-order valence-electron chi connectivity index (χ4n) is 1.87. The van der Waals surface area contributed by atoms with Crippen molar-refractivity contribution in [2.75, 3.05) is 0 Å². The van der Waals surface area contributed by atoms with Gasteiger partial charge in [-0.25, -0.2) is 4.39 Å². The molecule has 0 spiro atoms. The van der Waals surface area contributed by atoms with Crippen LogP contribution in [0, 0.1) is 5.82 Å². The van der Waals surface area contributed by atoms with Gasteiger partial charge in [-0.1, -0.05) is 46.3 Å². The van der Waals surface area contributed by atoms with E-state index in [1.54, 1.807) is 37.3 Å². The molecule has 19 heavy (non-hydrogen) atoms. The van der Waals surface area contributed by atoms with E-state index in [0.29, 0.717) is 10.0 Å². The van der Waals surface area contributed by atoms with Gasteiger partial charge in [0.1, 0.15) is 11.4 Å². The molecule has 0 aliphatic heterocycles. The molecule has 2 aromatic carbocycles. The van der Waals surface area contributed by atoms with E-state index in [2.05, 4.69) is 15.9 Å². The van der Waals surface area contributed by atoms with E-state index >= 15 is 0 Å². The minimum atomic E-state index is -1.26. The lowest BCUT2D eigenvalue weighted by atomic mass is 9.85. The van der Waals surface area contributed by atoms with E-state index in [9.17, 15) is 9.18 Å². The third kappa shape index (κ3) is 2.74. The van der Waals surface area contributed by atoms with Gasteiger partial charge in [-0.05, 0) is 30.7 Å². The first-order valence-electron chi connectivity index (χ1n) is 5.77. The van der Waals surface area contributed by atoms with Crippen LogP contribution in [0.5, 0.6) is 0 Å². The molecule has 0 bridgehead atoms. The first kappa shape index (κ1) is 13.9. The highest BCUT2D eigenvalue weighted by Crippen LogP contribution is 2.25. The van der Waals surface area contributed by atoms with Gasteiger partial charge < -0.3 is 5.73 Å². The maximum absolute atomic E-state index is 13.8. The average molecular weight is 322 g/mol. The molecule has 0 aliphatic carbocycles. The standard InChI is InChI=1S/C15H13BrFNO/c1-15(18,10-5-3-2-4-6-10)14(19)12-9-11(16)7-8-13(12)17/h2-9H,18H2,1H3. The Morgan fingerprint density at radius 1 is 1.21 bits per heavy atom. The summed E-state index contributed by atoms with van der Waals surface area (Å²) in [6.45, 7) is 1.59. The van der Waals surface area contributed by atoms with Crippen LogP contribution in [0.1, 0.15) is 22.8 Å². The number of nitrogens with two attached hydrogens (primary N) is 1. The van der Waals surface area contributed by atoms with Gasteiger partial charge in [0.15, 0.2) is 5.78 Å². The Hall–Kier alpha value is -1.52. The van der Waals surface area contributed by atoms with Gasteiger partial charge in [0.05, 0.1) is 5.56 Å². The third-order valence-corrected chi connectivity index (χ3v) is 3.51. The Kier molecular flexibility index (Phi) is 3.83. The molecule has 98 valence electrons. The number of carbonyl (C=O) groups is 1. The second-order valence-corrected chi connectivity index (χ2v) is 5.44. The Balaban J connectivity index is 2.46. The Bertz CT molecular complexity index is 611. The van der Waals surface area contributed by atoms with Crippen LogP contribution in [0.15, 0.2) is 53.0 Å². The Morgan fingerprint density at radius 2 is 1.84 bits per heavy atom. The normalized spacial score (nSPS) is 13.9. The smallest absolute Gasteiger partial charge is 0.189 e. The lowest BCUT2D eigenvalue weighted by Gasteiger charge is -2.24. The zero-order valence-electron chi connectivity index (χ0n) is 10.4. The molecule has 0 aromatic heterocycles. The maximum Gasteiger partial charge on any atom is 0.189 e. The fourth-order valence-corrected chi connectivity index (χ4v) is 2.23. The number of hydrogen-bond acceptors (Lipinski definition) is 2. The van der Waals surface area contributed by atoms with Crippen molar-refractivity contribution < 1.29 is 9.18 Å². The number of rotatable bonds is 3. The minimum absolute atomic E-state index is 0.0109. The van der Waals surface area contributed by atoms with E-state index in [1.165, 1.54) is 12.1 Å². The zero-order valence-corrected chi connectivity index (χ0v) is 11.9. The van der Waals surface area contributed by atoms with Gasteiger partial charge in [-0.15, -0.1) is 0 Å². The first-order chi connectivity index (χ1) is 8.93. The molecule has 0 radical (unpaired) electrons. The van der Waals surface area contributed by atoms with E-state index in [1.807, 2.05) is 6.07 Å². The van der Waals surface area contributed by atoms with Gasteiger partial charge in [0.25, 0.3) is 0 Å². The molecular formula is C15H13BrFNO. The lowest BCUT2D eigenvalue weighted by Crippen LogP contribution is -2.42. The van der Waals surface area contributed by atoms with Crippen LogP contribution in [-0.2, 0) is 5.54 Å². The quantitative estimate of drug-likeness (QED) is 0.877. The van der Waals surface area contributed by atoms with E-state index in [0.717, 1.165) is 0 Å². The van der Waals surface area contributed by atoms with Gasteiger partial charge in [-0.2, -0.15) is 0 Å². The van der Waals surface area contributed by atoms with Crippen molar-refractivity contribution in [2.45, 2.75) is 12.5 Å². The van der Waals surface area contributed by atoms with Crippen LogP contribution >= 0.6 is 15.9 Å². The van der Waals surface area contributed by atoms with Crippen LogP contribution in [0.3, 0.4) is 0 Å². The summed E-state index contributed by atoms with van der Waals surface area (Å²) in [4.78, 5) is 12.5. The van der Waals surface area contributed by atoms with Crippen molar-refractivity contribution in [2.24, 2.45) is 5.73 Å². The molecule has 1 atom stereocenters. The van der Waals surface area contributed by atoms with Crippen molar-refractivity contribution in [3.63, 3.8) is 0 Å². The number of halogens is 2. The van der Waals surface area contributed by atoms with Crippen molar-refractivity contribution in [1.82, 2.24) is 0 Å². The number of Topliss-reactive ketones (excluding diaryl/α,β-unsaturated/α-hetero) is 1. The summed E-state index contributed by atoms with van der Waals surface area (Å²) < 4.78 is 14.4. The molecule has 1 unspecified atom stereocenters. The molecule has 0 aliphatic rings. The number of hydrogen-bond donors (Lipinski definition) is 1. The molecule has 2 nitrogen and oxygen atoms in total. The van der Waals surface area contributed by atoms with E-state index in [4.69, 9.17) is 5.73 Å². The van der Waals surface area contributed by atoms with Gasteiger partial charge in [-0.3, -0.25) is 4.79 Å². The van der Waals surface area contributed by atoms with Crippen LogP contribution in [0.2, 0.25) is 0 Å². The van der Waals surface area contributed by atoms with Crippen molar-refractivity contribution >= 4 is 21.7 Å². The topological polar surface area (TPSA) is 43.1 Å². The average Bonchev–Trinajstić information content (AvgIpc) is 2.41. The molecule has 0 fully saturated rings. The van der Waals surface area contributed by atoms with Gasteiger partial charge in [0.2, 0.25) is 0 Å². The predicted molar refractivity (Wildman–Crippen MR) is 76.4 cm³/mol. The molecule has 2 rings (SSSR count). The summed E-state index contributed by atoms with van der Waals surface area (Å²) in [5.74, 6) is -1.02. The van der Waals surface area contributed by atoms with Crippen molar-refractivity contribution in [1.29, 1.82) is 0 Å². The maximum atomic E-state index is 13.8. The van der Waals surface area contributed by atoms with E-state index < -0.39 is 17.1 Å². The molecular weight excluding hydrogens is 309 g/mol. The third-order valence-electron chi connectivity index (χ3n) is 3.02. The second kappa shape index (κ2) is 5.23. The number of benzene rings is 2.